The minimum atomic E-state index is -2.07. The predicted octanol–water partition coefficient (Wildman–Crippen LogP) is 1.33. The molecule has 2 rings (SSSR count). The van der Waals surface area contributed by atoms with Gasteiger partial charge >= 0.3 is 0 Å². The van der Waals surface area contributed by atoms with E-state index in [2.05, 4.69) is 6.58 Å². The van der Waals surface area contributed by atoms with Crippen molar-refractivity contribution in [2.24, 2.45) is 0 Å². The fourth-order valence-corrected chi connectivity index (χ4v) is 4.37. The molecular weight excluding hydrogens is 187 g/mol. The lowest BCUT2D eigenvalue weighted by atomic mass is 10.6. The van der Waals surface area contributed by atoms with Crippen molar-refractivity contribution >= 4 is 7.14 Å². The van der Waals surface area contributed by atoms with E-state index in [1.807, 2.05) is 0 Å². The van der Waals surface area contributed by atoms with Crippen molar-refractivity contribution in [1.29, 1.82) is 0 Å². The first-order valence-corrected chi connectivity index (χ1v) is 6.89. The molecule has 2 unspecified atom stereocenters. The Balaban J connectivity index is 1.89. The van der Waals surface area contributed by atoms with Crippen molar-refractivity contribution in [3.8, 4) is 0 Å². The van der Waals surface area contributed by atoms with Gasteiger partial charge in [-0.05, 0) is 0 Å². The van der Waals surface area contributed by atoms with E-state index in [1.54, 1.807) is 6.08 Å². The quantitative estimate of drug-likeness (QED) is 0.370. The minimum absolute atomic E-state index is 0.254. The van der Waals surface area contributed by atoms with E-state index in [0.29, 0.717) is 6.16 Å². The van der Waals surface area contributed by atoms with Gasteiger partial charge in [-0.15, -0.1) is 6.58 Å². The smallest absolute Gasteiger partial charge is 0.0965 e. The summed E-state index contributed by atoms with van der Waals surface area (Å²) >= 11 is 0. The van der Waals surface area contributed by atoms with Crippen LogP contribution in [0.15, 0.2) is 12.7 Å². The van der Waals surface area contributed by atoms with Crippen LogP contribution in [0.25, 0.3) is 0 Å². The van der Waals surface area contributed by atoms with E-state index < -0.39 is 7.14 Å². The molecule has 0 aromatic heterocycles. The summed E-state index contributed by atoms with van der Waals surface area (Å²) in [6.07, 6.45) is 4.34. The summed E-state index contributed by atoms with van der Waals surface area (Å²) in [5, 5.41) is 0. The highest BCUT2D eigenvalue weighted by molar-refractivity contribution is 7.64. The average molecular weight is 202 g/mol. The summed E-state index contributed by atoms with van der Waals surface area (Å²) in [6.45, 7) is 5.22. The van der Waals surface area contributed by atoms with Crippen LogP contribution in [0.2, 0.25) is 0 Å². The van der Waals surface area contributed by atoms with Gasteiger partial charge in [0.05, 0.1) is 32.6 Å². The topological polar surface area (TPSA) is 42.1 Å². The van der Waals surface area contributed by atoms with E-state index in [9.17, 15) is 4.57 Å². The largest absolute Gasteiger partial charge is 0.373 e. The van der Waals surface area contributed by atoms with Crippen molar-refractivity contribution in [2.45, 2.75) is 12.2 Å². The molecule has 2 saturated heterocycles. The summed E-state index contributed by atoms with van der Waals surface area (Å²) in [5.74, 6) is 0. The Morgan fingerprint density at radius 3 is 2.08 bits per heavy atom. The molecular formula is C9H15O3P. The highest BCUT2D eigenvalue weighted by atomic mass is 31.2. The number of hydrogen-bond donors (Lipinski definition) is 0. The first kappa shape index (κ1) is 9.45. The van der Waals surface area contributed by atoms with E-state index in [1.165, 1.54) is 0 Å². The molecule has 0 aromatic rings. The molecule has 74 valence electrons. The Morgan fingerprint density at radius 2 is 1.77 bits per heavy atom. The highest BCUT2D eigenvalue weighted by Crippen LogP contribution is 2.50. The third-order valence-corrected chi connectivity index (χ3v) is 5.41. The van der Waals surface area contributed by atoms with Crippen LogP contribution < -0.4 is 0 Å². The maximum atomic E-state index is 12.3. The molecule has 2 atom stereocenters. The van der Waals surface area contributed by atoms with Gasteiger partial charge in [-0.25, -0.2) is 0 Å². The summed E-state index contributed by atoms with van der Waals surface area (Å²) < 4.78 is 22.5. The molecule has 2 heterocycles. The lowest BCUT2D eigenvalue weighted by Crippen LogP contribution is -2.07. The van der Waals surface area contributed by atoms with Crippen molar-refractivity contribution in [1.82, 2.24) is 0 Å². The van der Waals surface area contributed by atoms with E-state index in [-0.39, 0.29) is 12.2 Å². The molecule has 13 heavy (non-hydrogen) atoms. The second-order valence-corrected chi connectivity index (χ2v) is 7.02. The Morgan fingerprint density at radius 1 is 1.31 bits per heavy atom. The summed E-state index contributed by atoms with van der Waals surface area (Å²) in [7, 11) is -2.07. The molecule has 0 aromatic carbocycles. The molecule has 0 spiro atoms. The van der Waals surface area contributed by atoms with Gasteiger partial charge < -0.3 is 14.0 Å². The van der Waals surface area contributed by atoms with Gasteiger partial charge in [-0.3, -0.25) is 0 Å². The van der Waals surface area contributed by atoms with Crippen LogP contribution in [0.1, 0.15) is 0 Å². The van der Waals surface area contributed by atoms with Gasteiger partial charge in [-0.2, -0.15) is 0 Å². The van der Waals surface area contributed by atoms with Crippen molar-refractivity contribution in [2.75, 3.05) is 31.7 Å². The van der Waals surface area contributed by atoms with Crippen LogP contribution in [-0.4, -0.2) is 43.9 Å². The molecule has 0 bridgehead atoms. The standard InChI is InChI=1S/C9H15O3P/c1-2-3-13(10,6-8-4-11-8)7-9-5-12-9/h2,8-9H,1,3-7H2. The molecule has 0 amide bonds. The van der Waals surface area contributed by atoms with Gasteiger partial charge in [0.25, 0.3) is 0 Å². The molecule has 0 N–H and O–H groups in total. The molecule has 2 aliphatic heterocycles. The van der Waals surface area contributed by atoms with Crippen molar-refractivity contribution in [3.05, 3.63) is 12.7 Å². The fourth-order valence-electron chi connectivity index (χ4n) is 1.55. The second kappa shape index (κ2) is 3.56. The molecule has 4 heteroatoms. The molecule has 0 saturated carbocycles. The average Bonchev–Trinajstić information content (AvgIpc) is 2.85. The summed E-state index contributed by atoms with van der Waals surface area (Å²) in [5.41, 5.74) is 0. The van der Waals surface area contributed by atoms with Crippen LogP contribution in [0, 0.1) is 0 Å². The third kappa shape index (κ3) is 2.94. The number of hydrogen-bond acceptors (Lipinski definition) is 3. The molecule has 2 fully saturated rings. The Bertz CT molecular complexity index is 225. The third-order valence-electron chi connectivity index (χ3n) is 2.34. The summed E-state index contributed by atoms with van der Waals surface area (Å²) in [6, 6.07) is 0. The maximum absolute atomic E-state index is 12.3. The predicted molar refractivity (Wildman–Crippen MR) is 51.9 cm³/mol. The Hall–Kier alpha value is -0.110. The Kier molecular flexibility index (Phi) is 2.59. The van der Waals surface area contributed by atoms with Crippen LogP contribution in [0.3, 0.4) is 0 Å². The van der Waals surface area contributed by atoms with Crippen molar-refractivity contribution < 1.29 is 14.0 Å². The highest BCUT2D eigenvalue weighted by Gasteiger charge is 2.37. The van der Waals surface area contributed by atoms with Gasteiger partial charge in [0.15, 0.2) is 0 Å². The van der Waals surface area contributed by atoms with E-state index in [4.69, 9.17) is 9.47 Å². The molecule has 0 radical (unpaired) electrons. The molecule has 0 aliphatic carbocycles. The zero-order valence-corrected chi connectivity index (χ0v) is 8.54. The molecule has 3 nitrogen and oxygen atoms in total. The zero-order chi connectivity index (χ0) is 9.31. The van der Waals surface area contributed by atoms with Crippen molar-refractivity contribution in [3.63, 3.8) is 0 Å². The molecule has 2 aliphatic rings. The minimum Gasteiger partial charge on any atom is -0.373 e. The van der Waals surface area contributed by atoms with Gasteiger partial charge in [-0.1, -0.05) is 6.08 Å². The SMILES string of the molecule is C=CCP(=O)(CC1CO1)CC1CO1. The first-order valence-electron chi connectivity index (χ1n) is 4.63. The van der Waals surface area contributed by atoms with Crippen LogP contribution >= 0.6 is 7.14 Å². The number of allylic oxidation sites excluding steroid dienone is 1. The number of rotatable bonds is 6. The van der Waals surface area contributed by atoms with Crippen LogP contribution in [0.4, 0.5) is 0 Å². The number of ether oxygens (including phenoxy) is 2. The normalized spacial score (nSPS) is 35.1. The second-order valence-electron chi connectivity index (χ2n) is 3.81. The number of epoxide rings is 2. The Labute approximate surface area is 78.5 Å². The van der Waals surface area contributed by atoms with E-state index >= 15 is 0 Å². The van der Waals surface area contributed by atoms with E-state index in [0.717, 1.165) is 25.5 Å². The first-order chi connectivity index (χ1) is 6.22. The lowest BCUT2D eigenvalue weighted by molar-refractivity contribution is 0.415. The zero-order valence-electron chi connectivity index (χ0n) is 7.65. The van der Waals surface area contributed by atoms with Gasteiger partial charge in [0.1, 0.15) is 0 Å². The maximum Gasteiger partial charge on any atom is 0.0965 e. The van der Waals surface area contributed by atoms with Gasteiger partial charge in [0, 0.05) is 18.5 Å². The van der Waals surface area contributed by atoms with Gasteiger partial charge in [0.2, 0.25) is 0 Å². The van der Waals surface area contributed by atoms with Crippen LogP contribution in [-0.2, 0) is 14.0 Å². The van der Waals surface area contributed by atoms with Crippen LogP contribution in [0.5, 0.6) is 0 Å². The lowest BCUT2D eigenvalue weighted by Gasteiger charge is -2.13. The monoisotopic (exact) mass is 202 g/mol. The fraction of sp³-hybridized carbons (Fsp3) is 0.778. The summed E-state index contributed by atoms with van der Waals surface area (Å²) in [4.78, 5) is 0.